The second-order valence-corrected chi connectivity index (χ2v) is 8.18. The van der Waals surface area contributed by atoms with Crippen LogP contribution in [0.15, 0.2) is 70.7 Å². The average molecular weight is 436 g/mol. The minimum absolute atomic E-state index is 0.0471. The van der Waals surface area contributed by atoms with Crippen molar-refractivity contribution in [2.75, 3.05) is 13.1 Å². The molecule has 0 fully saturated rings. The van der Waals surface area contributed by atoms with Crippen molar-refractivity contribution in [3.63, 3.8) is 0 Å². The van der Waals surface area contributed by atoms with E-state index in [2.05, 4.69) is 41.6 Å². The van der Waals surface area contributed by atoms with Crippen LogP contribution in [0.3, 0.4) is 0 Å². The molecule has 7 heteroatoms. The second-order valence-electron chi connectivity index (χ2n) is 7.12. The number of phenolic OH excluding ortho intramolecular Hbond substituents is 1. The Labute approximate surface area is 186 Å². The lowest BCUT2D eigenvalue weighted by Crippen LogP contribution is -2.30. The summed E-state index contributed by atoms with van der Waals surface area (Å²) in [4.78, 5) is 30.1. The van der Waals surface area contributed by atoms with E-state index in [9.17, 15) is 14.7 Å². The number of phenols is 1. The van der Waals surface area contributed by atoms with Gasteiger partial charge in [-0.05, 0) is 73.9 Å². The summed E-state index contributed by atoms with van der Waals surface area (Å²) >= 11 is 1.46. The number of nitrogens with one attached hydrogen (secondary N) is 2. The zero-order chi connectivity index (χ0) is 22.2. The molecule has 0 aliphatic carbocycles. The van der Waals surface area contributed by atoms with E-state index in [1.807, 2.05) is 6.07 Å². The Hall–Kier alpha value is -3.32. The number of aromatic hydroxyl groups is 1. The Bertz CT molecular complexity index is 1090. The van der Waals surface area contributed by atoms with E-state index in [0.717, 1.165) is 4.90 Å². The third kappa shape index (κ3) is 6.33. The van der Waals surface area contributed by atoms with E-state index in [1.165, 1.54) is 35.0 Å². The van der Waals surface area contributed by atoms with Gasteiger partial charge in [-0.3, -0.25) is 9.59 Å². The summed E-state index contributed by atoms with van der Waals surface area (Å²) in [6.45, 7) is 4.95. The van der Waals surface area contributed by atoms with Gasteiger partial charge in [-0.25, -0.2) is 4.98 Å². The van der Waals surface area contributed by atoms with Crippen LogP contribution in [0.25, 0.3) is 0 Å². The van der Waals surface area contributed by atoms with Gasteiger partial charge in [0.1, 0.15) is 10.8 Å². The van der Waals surface area contributed by atoms with Crippen molar-refractivity contribution in [3.05, 3.63) is 83.0 Å². The maximum Gasteiger partial charge on any atom is 0.254 e. The highest BCUT2D eigenvalue weighted by Gasteiger charge is 2.13. The van der Waals surface area contributed by atoms with Crippen LogP contribution in [0, 0.1) is 13.8 Å². The molecule has 0 spiro atoms. The van der Waals surface area contributed by atoms with Gasteiger partial charge in [0, 0.05) is 29.7 Å². The predicted molar refractivity (Wildman–Crippen MR) is 122 cm³/mol. The summed E-state index contributed by atoms with van der Waals surface area (Å²) in [6, 6.07) is 15.9. The molecule has 31 heavy (non-hydrogen) atoms. The van der Waals surface area contributed by atoms with Gasteiger partial charge in [-0.2, -0.15) is 0 Å². The monoisotopic (exact) mass is 435 g/mol. The lowest BCUT2D eigenvalue weighted by Gasteiger charge is -2.10. The van der Waals surface area contributed by atoms with Crippen molar-refractivity contribution in [3.8, 4) is 5.75 Å². The molecule has 0 aliphatic rings. The molecule has 2 aromatic carbocycles. The average Bonchev–Trinajstić information content (AvgIpc) is 2.76. The van der Waals surface area contributed by atoms with Gasteiger partial charge in [0.2, 0.25) is 0 Å². The number of benzene rings is 2. The fourth-order valence-corrected chi connectivity index (χ4v) is 3.85. The zero-order valence-electron chi connectivity index (χ0n) is 17.5. The van der Waals surface area contributed by atoms with E-state index >= 15 is 0 Å². The van der Waals surface area contributed by atoms with Crippen LogP contribution >= 0.6 is 11.8 Å². The summed E-state index contributed by atoms with van der Waals surface area (Å²) in [5.41, 5.74) is 3.33. The lowest BCUT2D eigenvalue weighted by molar-refractivity contribution is 0.0949. The number of hydrogen-bond acceptors (Lipinski definition) is 5. The molecule has 6 nitrogen and oxygen atoms in total. The smallest absolute Gasteiger partial charge is 0.254 e. The van der Waals surface area contributed by atoms with Crippen LogP contribution < -0.4 is 10.6 Å². The molecule has 0 aliphatic heterocycles. The Morgan fingerprint density at radius 1 is 0.935 bits per heavy atom. The summed E-state index contributed by atoms with van der Waals surface area (Å²) < 4.78 is 0. The van der Waals surface area contributed by atoms with Gasteiger partial charge in [0.25, 0.3) is 11.8 Å². The van der Waals surface area contributed by atoms with E-state index in [0.29, 0.717) is 35.7 Å². The molecule has 0 unspecified atom stereocenters. The standard InChI is InChI=1S/C24H25N3O3S/c1-16-9-10-20(14-17(16)2)31-24-21(8-4-11-27-24)23(30)26-13-5-12-25-22(29)18-6-3-7-19(28)15-18/h3-4,6-11,14-15,28H,5,12-13H2,1-2H3,(H,25,29)(H,26,30). The van der Waals surface area contributed by atoms with Gasteiger partial charge in [0.15, 0.2) is 0 Å². The van der Waals surface area contributed by atoms with Gasteiger partial charge in [-0.1, -0.05) is 23.9 Å². The number of amides is 2. The third-order valence-electron chi connectivity index (χ3n) is 4.74. The fourth-order valence-electron chi connectivity index (χ4n) is 2.87. The molecular formula is C24H25N3O3S. The first kappa shape index (κ1) is 22.4. The van der Waals surface area contributed by atoms with Crippen molar-refractivity contribution in [2.24, 2.45) is 0 Å². The fraction of sp³-hybridized carbons (Fsp3) is 0.208. The first-order valence-electron chi connectivity index (χ1n) is 9.99. The van der Waals surface area contributed by atoms with Gasteiger partial charge >= 0.3 is 0 Å². The predicted octanol–water partition coefficient (Wildman–Crippen LogP) is 4.11. The molecule has 0 saturated carbocycles. The molecule has 0 bridgehead atoms. The molecule has 0 saturated heterocycles. The lowest BCUT2D eigenvalue weighted by atomic mass is 10.1. The first-order valence-corrected chi connectivity index (χ1v) is 10.8. The number of carbonyl (C=O) groups is 2. The van der Waals surface area contributed by atoms with Crippen molar-refractivity contribution in [1.82, 2.24) is 15.6 Å². The van der Waals surface area contributed by atoms with E-state index in [4.69, 9.17) is 0 Å². The maximum atomic E-state index is 12.7. The molecule has 1 aromatic heterocycles. The number of nitrogens with zero attached hydrogens (tertiary/aromatic N) is 1. The molecule has 160 valence electrons. The van der Waals surface area contributed by atoms with Crippen LogP contribution in [-0.4, -0.2) is 35.0 Å². The Morgan fingerprint density at radius 2 is 1.71 bits per heavy atom. The summed E-state index contributed by atoms with van der Waals surface area (Å²) in [6.07, 6.45) is 2.26. The Morgan fingerprint density at radius 3 is 2.45 bits per heavy atom. The topological polar surface area (TPSA) is 91.3 Å². The molecule has 0 atom stereocenters. The highest BCUT2D eigenvalue weighted by atomic mass is 32.2. The largest absolute Gasteiger partial charge is 0.508 e. The second kappa shape index (κ2) is 10.6. The molecule has 2 amide bonds. The highest BCUT2D eigenvalue weighted by molar-refractivity contribution is 7.99. The highest BCUT2D eigenvalue weighted by Crippen LogP contribution is 2.29. The van der Waals surface area contributed by atoms with E-state index in [1.54, 1.807) is 30.5 Å². The van der Waals surface area contributed by atoms with Crippen LogP contribution in [0.4, 0.5) is 0 Å². The minimum atomic E-state index is -0.262. The Kier molecular flexibility index (Phi) is 7.67. The summed E-state index contributed by atoms with van der Waals surface area (Å²) in [7, 11) is 0. The van der Waals surface area contributed by atoms with Crippen LogP contribution in [0.1, 0.15) is 38.3 Å². The Balaban J connectivity index is 1.50. The van der Waals surface area contributed by atoms with Crippen molar-refractivity contribution < 1.29 is 14.7 Å². The first-order chi connectivity index (χ1) is 14.9. The van der Waals surface area contributed by atoms with Crippen molar-refractivity contribution in [1.29, 1.82) is 0 Å². The van der Waals surface area contributed by atoms with Crippen LogP contribution in [-0.2, 0) is 0 Å². The van der Waals surface area contributed by atoms with Crippen molar-refractivity contribution >= 4 is 23.6 Å². The van der Waals surface area contributed by atoms with Crippen LogP contribution in [0.5, 0.6) is 5.75 Å². The van der Waals surface area contributed by atoms with Crippen LogP contribution in [0.2, 0.25) is 0 Å². The van der Waals surface area contributed by atoms with E-state index in [-0.39, 0.29) is 17.6 Å². The quantitative estimate of drug-likeness (QED) is 0.463. The van der Waals surface area contributed by atoms with Crippen molar-refractivity contribution in [2.45, 2.75) is 30.2 Å². The van der Waals surface area contributed by atoms with E-state index < -0.39 is 0 Å². The number of aromatic nitrogens is 1. The number of rotatable bonds is 8. The molecule has 3 N–H and O–H groups in total. The van der Waals surface area contributed by atoms with Gasteiger partial charge in [0.05, 0.1) is 5.56 Å². The molecule has 1 heterocycles. The SMILES string of the molecule is Cc1ccc(Sc2ncccc2C(=O)NCCCNC(=O)c2cccc(O)c2)cc1C. The van der Waals surface area contributed by atoms with Gasteiger partial charge < -0.3 is 15.7 Å². The number of aryl methyl sites for hydroxylation is 2. The summed E-state index contributed by atoms with van der Waals surface area (Å²) in [5, 5.41) is 15.8. The minimum Gasteiger partial charge on any atom is -0.508 e. The molecule has 3 rings (SSSR count). The number of pyridine rings is 1. The summed E-state index contributed by atoms with van der Waals surface area (Å²) in [5.74, 6) is -0.411. The maximum absolute atomic E-state index is 12.7. The molecule has 0 radical (unpaired) electrons. The number of carbonyl (C=O) groups excluding carboxylic acids is 2. The molecule has 3 aromatic rings. The third-order valence-corrected chi connectivity index (χ3v) is 5.75. The number of hydrogen-bond donors (Lipinski definition) is 3. The molecular weight excluding hydrogens is 410 g/mol. The van der Waals surface area contributed by atoms with Gasteiger partial charge in [-0.15, -0.1) is 0 Å². The zero-order valence-corrected chi connectivity index (χ0v) is 18.3. The normalized spacial score (nSPS) is 10.5.